The largest absolute Gasteiger partial charge is 0.459 e. The summed E-state index contributed by atoms with van der Waals surface area (Å²) in [6, 6.07) is 11.4. The molecule has 1 aromatic carbocycles. The highest BCUT2D eigenvalue weighted by Gasteiger charge is 2.36. The second-order valence-electron chi connectivity index (χ2n) is 6.84. The minimum absolute atomic E-state index is 0.178. The van der Waals surface area contributed by atoms with Crippen molar-refractivity contribution >= 4 is 5.91 Å². The quantitative estimate of drug-likeness (QED) is 0.747. The molecule has 0 fully saturated rings. The minimum Gasteiger partial charge on any atom is -0.459 e. The lowest BCUT2D eigenvalue weighted by Gasteiger charge is -2.34. The second-order valence-corrected chi connectivity index (χ2v) is 6.84. The zero-order valence-corrected chi connectivity index (χ0v) is 15.4. The van der Waals surface area contributed by atoms with Crippen LogP contribution in [0.5, 0.6) is 0 Å². The predicted molar refractivity (Wildman–Crippen MR) is 98.0 cm³/mol. The predicted octanol–water partition coefficient (Wildman–Crippen LogP) is 2.75. The average Bonchev–Trinajstić information content (AvgIpc) is 3.38. The summed E-state index contributed by atoms with van der Waals surface area (Å²) in [5.41, 5.74) is 2.31. The molecular formula is C20H22N4O3. The monoisotopic (exact) mass is 366 g/mol. The van der Waals surface area contributed by atoms with Crippen LogP contribution in [0.3, 0.4) is 0 Å². The number of hydrogen-bond donors (Lipinski definition) is 1. The molecule has 2 unspecified atom stereocenters. The van der Waals surface area contributed by atoms with Gasteiger partial charge in [-0.25, -0.2) is 0 Å². The molecule has 7 nitrogen and oxygen atoms in total. The highest BCUT2D eigenvalue weighted by atomic mass is 16.5. The molecule has 7 heteroatoms. The van der Waals surface area contributed by atoms with E-state index < -0.39 is 0 Å². The maximum atomic E-state index is 13.0. The van der Waals surface area contributed by atoms with E-state index >= 15 is 0 Å². The van der Waals surface area contributed by atoms with E-state index in [4.69, 9.17) is 8.94 Å². The van der Waals surface area contributed by atoms with Crippen LogP contribution in [0.2, 0.25) is 0 Å². The van der Waals surface area contributed by atoms with Crippen LogP contribution >= 0.6 is 0 Å². The van der Waals surface area contributed by atoms with Gasteiger partial charge >= 0.3 is 0 Å². The van der Waals surface area contributed by atoms with Crippen molar-refractivity contribution in [1.82, 2.24) is 20.4 Å². The van der Waals surface area contributed by atoms with E-state index in [0.717, 1.165) is 5.56 Å². The van der Waals surface area contributed by atoms with E-state index in [1.165, 1.54) is 11.8 Å². The molecule has 0 spiro atoms. The maximum Gasteiger partial charge on any atom is 0.290 e. The number of carbonyl (C=O) groups excluding carboxylic acids is 1. The molecule has 0 aliphatic carbocycles. The number of aromatic nitrogens is 2. The Bertz CT molecular complexity index is 919. The standard InChI is InChI=1S/C20H22N4O3/c1-13(21-2)10-18-22-19(27-23-18)16-11-14-6-3-4-7-15(14)12-24(16)20(25)17-8-5-9-26-17/h3-9,13,16,21H,10-12H2,1-2H3. The summed E-state index contributed by atoms with van der Waals surface area (Å²) >= 11 is 0. The average molecular weight is 366 g/mol. The lowest BCUT2D eigenvalue weighted by molar-refractivity contribution is 0.0562. The number of benzene rings is 1. The summed E-state index contributed by atoms with van der Waals surface area (Å²) in [5, 5.41) is 7.27. The molecule has 140 valence electrons. The summed E-state index contributed by atoms with van der Waals surface area (Å²) in [6.45, 7) is 2.53. The fraction of sp³-hybridized carbons (Fsp3) is 0.350. The molecule has 3 aromatic rings. The summed E-state index contributed by atoms with van der Waals surface area (Å²) in [5.74, 6) is 1.23. The molecular weight excluding hydrogens is 344 g/mol. The van der Waals surface area contributed by atoms with Crippen molar-refractivity contribution in [3.8, 4) is 0 Å². The Hall–Kier alpha value is -2.93. The SMILES string of the molecule is CNC(C)Cc1noc(C2Cc3ccccc3CN2C(=O)c2ccco2)n1. The van der Waals surface area contributed by atoms with Gasteiger partial charge in [0.2, 0.25) is 5.89 Å². The number of hydrogen-bond acceptors (Lipinski definition) is 6. The zero-order valence-electron chi connectivity index (χ0n) is 15.4. The topological polar surface area (TPSA) is 84.4 Å². The van der Waals surface area contributed by atoms with E-state index in [-0.39, 0.29) is 18.0 Å². The summed E-state index contributed by atoms with van der Waals surface area (Å²) in [6.07, 6.45) is 2.80. The molecule has 1 aliphatic heterocycles. The molecule has 1 N–H and O–H groups in total. The van der Waals surface area contributed by atoms with E-state index in [2.05, 4.69) is 28.4 Å². The normalized spacial score (nSPS) is 17.6. The van der Waals surface area contributed by atoms with Crippen molar-refractivity contribution in [2.24, 2.45) is 0 Å². The van der Waals surface area contributed by atoms with Crippen LogP contribution < -0.4 is 5.32 Å². The van der Waals surface area contributed by atoms with Gasteiger partial charge in [0.25, 0.3) is 5.91 Å². The fourth-order valence-corrected chi connectivity index (χ4v) is 3.36. The van der Waals surface area contributed by atoms with Crippen LogP contribution in [0.1, 0.15) is 46.4 Å². The molecule has 3 heterocycles. The Morgan fingerprint density at radius 1 is 1.30 bits per heavy atom. The fourth-order valence-electron chi connectivity index (χ4n) is 3.36. The zero-order chi connectivity index (χ0) is 18.8. The number of rotatable bonds is 5. The van der Waals surface area contributed by atoms with E-state index in [0.29, 0.717) is 36.9 Å². The van der Waals surface area contributed by atoms with Crippen molar-refractivity contribution < 1.29 is 13.7 Å². The molecule has 1 amide bonds. The smallest absolute Gasteiger partial charge is 0.290 e. The van der Waals surface area contributed by atoms with Gasteiger partial charge in [0, 0.05) is 25.4 Å². The Morgan fingerprint density at radius 3 is 2.85 bits per heavy atom. The van der Waals surface area contributed by atoms with Gasteiger partial charge in [0.1, 0.15) is 6.04 Å². The third-order valence-corrected chi connectivity index (χ3v) is 4.99. The molecule has 0 saturated heterocycles. The molecule has 0 radical (unpaired) electrons. The van der Waals surface area contributed by atoms with Gasteiger partial charge in [0.15, 0.2) is 11.6 Å². The number of furan rings is 1. The lowest BCUT2D eigenvalue weighted by Crippen LogP contribution is -2.39. The molecule has 2 atom stereocenters. The lowest BCUT2D eigenvalue weighted by atomic mass is 9.93. The third-order valence-electron chi connectivity index (χ3n) is 4.99. The number of fused-ring (bicyclic) bond motifs is 1. The van der Waals surface area contributed by atoms with Gasteiger partial charge in [-0.2, -0.15) is 4.98 Å². The van der Waals surface area contributed by atoms with Crippen LogP contribution in [0, 0.1) is 0 Å². The molecule has 1 aliphatic rings. The molecule has 0 saturated carbocycles. The molecule has 2 aromatic heterocycles. The van der Waals surface area contributed by atoms with Gasteiger partial charge in [-0.3, -0.25) is 4.79 Å². The van der Waals surface area contributed by atoms with Crippen molar-refractivity contribution in [3.63, 3.8) is 0 Å². The summed E-state index contributed by atoms with van der Waals surface area (Å²) in [7, 11) is 1.90. The first-order valence-electron chi connectivity index (χ1n) is 9.06. The Kier molecular flexibility index (Phi) is 4.77. The number of likely N-dealkylation sites (N-methyl/N-ethyl adjacent to an activating group) is 1. The van der Waals surface area contributed by atoms with Crippen molar-refractivity contribution in [2.45, 2.75) is 38.4 Å². The first kappa shape index (κ1) is 17.5. The van der Waals surface area contributed by atoms with Crippen LogP contribution in [-0.4, -0.2) is 34.0 Å². The summed E-state index contributed by atoms with van der Waals surface area (Å²) < 4.78 is 10.9. The van der Waals surface area contributed by atoms with Crippen LogP contribution in [0.4, 0.5) is 0 Å². The Labute approximate surface area is 157 Å². The van der Waals surface area contributed by atoms with Crippen LogP contribution in [0.15, 0.2) is 51.6 Å². The number of nitrogens with zero attached hydrogens (tertiary/aromatic N) is 3. The van der Waals surface area contributed by atoms with Crippen molar-refractivity contribution in [2.75, 3.05) is 7.05 Å². The summed E-state index contributed by atoms with van der Waals surface area (Å²) in [4.78, 5) is 19.3. The first-order valence-corrected chi connectivity index (χ1v) is 9.06. The van der Waals surface area contributed by atoms with Gasteiger partial charge in [-0.1, -0.05) is 29.4 Å². The van der Waals surface area contributed by atoms with Crippen LogP contribution in [0.25, 0.3) is 0 Å². The van der Waals surface area contributed by atoms with Gasteiger partial charge < -0.3 is 19.2 Å². The first-order chi connectivity index (χ1) is 13.2. The number of amides is 1. The van der Waals surface area contributed by atoms with Crippen molar-refractivity contribution in [3.05, 3.63) is 71.3 Å². The Morgan fingerprint density at radius 2 is 2.11 bits per heavy atom. The third kappa shape index (κ3) is 3.50. The van der Waals surface area contributed by atoms with E-state index in [1.807, 2.05) is 25.2 Å². The van der Waals surface area contributed by atoms with Crippen molar-refractivity contribution in [1.29, 1.82) is 0 Å². The molecule has 27 heavy (non-hydrogen) atoms. The number of nitrogens with one attached hydrogen (secondary N) is 1. The molecule has 0 bridgehead atoms. The van der Waals surface area contributed by atoms with Gasteiger partial charge in [-0.15, -0.1) is 0 Å². The Balaban J connectivity index is 1.66. The second kappa shape index (κ2) is 7.36. The minimum atomic E-state index is -0.316. The molecule has 4 rings (SSSR count). The highest BCUT2D eigenvalue weighted by Crippen LogP contribution is 2.33. The van der Waals surface area contributed by atoms with Gasteiger partial charge in [-0.05, 0) is 37.2 Å². The van der Waals surface area contributed by atoms with E-state index in [9.17, 15) is 4.79 Å². The van der Waals surface area contributed by atoms with E-state index in [1.54, 1.807) is 17.0 Å². The highest BCUT2D eigenvalue weighted by molar-refractivity contribution is 5.91. The number of carbonyl (C=O) groups is 1. The van der Waals surface area contributed by atoms with Gasteiger partial charge in [0.05, 0.1) is 6.26 Å². The van der Waals surface area contributed by atoms with Crippen LogP contribution in [-0.2, 0) is 19.4 Å². The maximum absolute atomic E-state index is 13.0.